The Bertz CT molecular complexity index is 535. The number of ether oxygens (including phenoxy) is 2. The van der Waals surface area contributed by atoms with E-state index in [0.29, 0.717) is 31.5 Å². The van der Waals surface area contributed by atoms with Crippen molar-refractivity contribution in [3.63, 3.8) is 0 Å². The van der Waals surface area contributed by atoms with Crippen molar-refractivity contribution in [2.24, 2.45) is 5.92 Å². The quantitative estimate of drug-likeness (QED) is 0.914. The van der Waals surface area contributed by atoms with E-state index in [1.807, 2.05) is 19.9 Å². The maximum Gasteiger partial charge on any atom is 0.229 e. The average molecular weight is 307 g/mol. The summed E-state index contributed by atoms with van der Waals surface area (Å²) in [6.45, 7) is 6.00. The van der Waals surface area contributed by atoms with Crippen molar-refractivity contribution in [2.75, 3.05) is 31.8 Å². The number of aliphatic hydroxyl groups is 1. The van der Waals surface area contributed by atoms with E-state index >= 15 is 0 Å². The van der Waals surface area contributed by atoms with Crippen LogP contribution in [0.3, 0.4) is 0 Å². The van der Waals surface area contributed by atoms with Gasteiger partial charge in [0.05, 0.1) is 19.3 Å². The lowest BCUT2D eigenvalue weighted by atomic mass is 9.79. The van der Waals surface area contributed by atoms with E-state index in [2.05, 4.69) is 14.9 Å². The third-order valence-electron chi connectivity index (χ3n) is 4.90. The van der Waals surface area contributed by atoms with E-state index < -0.39 is 5.60 Å². The minimum absolute atomic E-state index is 0.0823. The molecule has 1 aromatic heterocycles. The molecule has 0 spiro atoms. The van der Waals surface area contributed by atoms with Gasteiger partial charge in [-0.3, -0.25) is 0 Å². The zero-order chi connectivity index (χ0) is 15.7. The Morgan fingerprint density at radius 1 is 1.45 bits per heavy atom. The van der Waals surface area contributed by atoms with Gasteiger partial charge in [0.2, 0.25) is 11.8 Å². The lowest BCUT2D eigenvalue weighted by Crippen LogP contribution is -2.53. The van der Waals surface area contributed by atoms with Gasteiger partial charge in [-0.05, 0) is 33.1 Å². The number of rotatable bonds is 3. The molecule has 2 aliphatic heterocycles. The van der Waals surface area contributed by atoms with Gasteiger partial charge in [0, 0.05) is 36.9 Å². The average Bonchev–Trinajstić information content (AvgIpc) is 2.95. The van der Waals surface area contributed by atoms with E-state index in [9.17, 15) is 5.11 Å². The second-order valence-electron chi connectivity index (χ2n) is 6.54. The molecule has 3 unspecified atom stereocenters. The van der Waals surface area contributed by atoms with Crippen LogP contribution in [0.4, 0.5) is 5.95 Å². The Morgan fingerprint density at radius 3 is 3.00 bits per heavy atom. The summed E-state index contributed by atoms with van der Waals surface area (Å²) in [7, 11) is 1.62. The molecule has 22 heavy (non-hydrogen) atoms. The molecule has 2 saturated heterocycles. The SMILES string of the molecule is COc1cc(C)nc(N2CCCC2C2COCCC2(C)O)n1. The third kappa shape index (κ3) is 2.90. The molecule has 6 nitrogen and oxygen atoms in total. The highest BCUT2D eigenvalue weighted by atomic mass is 16.5. The third-order valence-corrected chi connectivity index (χ3v) is 4.90. The Balaban J connectivity index is 1.88. The normalized spacial score (nSPS) is 32.3. The highest BCUT2D eigenvalue weighted by Gasteiger charge is 2.44. The first-order valence-electron chi connectivity index (χ1n) is 7.98. The van der Waals surface area contributed by atoms with Crippen molar-refractivity contribution in [1.29, 1.82) is 0 Å². The Hall–Kier alpha value is -1.40. The molecule has 1 N–H and O–H groups in total. The number of aryl methyl sites for hydroxylation is 1. The van der Waals surface area contributed by atoms with Crippen LogP contribution >= 0.6 is 0 Å². The fraction of sp³-hybridized carbons (Fsp3) is 0.750. The monoisotopic (exact) mass is 307 g/mol. The van der Waals surface area contributed by atoms with E-state index in [4.69, 9.17) is 9.47 Å². The summed E-state index contributed by atoms with van der Waals surface area (Å²) in [6, 6.07) is 2.04. The first-order valence-corrected chi connectivity index (χ1v) is 7.98. The highest BCUT2D eigenvalue weighted by Crippen LogP contribution is 2.37. The minimum atomic E-state index is -0.695. The molecule has 0 amide bonds. The minimum Gasteiger partial charge on any atom is -0.481 e. The predicted octanol–water partition coefficient (Wildman–Crippen LogP) is 1.55. The fourth-order valence-corrected chi connectivity index (χ4v) is 3.60. The number of nitrogens with zero attached hydrogens (tertiary/aromatic N) is 3. The molecule has 0 radical (unpaired) electrons. The van der Waals surface area contributed by atoms with Crippen LogP contribution in [-0.4, -0.2) is 53.6 Å². The molecule has 2 aliphatic rings. The van der Waals surface area contributed by atoms with Gasteiger partial charge in [-0.2, -0.15) is 4.98 Å². The molecule has 6 heteroatoms. The summed E-state index contributed by atoms with van der Waals surface area (Å²) in [5.74, 6) is 1.36. The number of methoxy groups -OCH3 is 1. The van der Waals surface area contributed by atoms with Crippen LogP contribution in [0.2, 0.25) is 0 Å². The maximum absolute atomic E-state index is 10.7. The van der Waals surface area contributed by atoms with Gasteiger partial charge in [-0.1, -0.05) is 0 Å². The zero-order valence-corrected chi connectivity index (χ0v) is 13.6. The van der Waals surface area contributed by atoms with Crippen molar-refractivity contribution in [1.82, 2.24) is 9.97 Å². The molecular formula is C16H25N3O3. The molecule has 3 atom stereocenters. The molecule has 3 heterocycles. The Labute approximate surface area is 131 Å². The lowest BCUT2D eigenvalue weighted by molar-refractivity contribution is -0.108. The van der Waals surface area contributed by atoms with E-state index in [0.717, 1.165) is 25.1 Å². The van der Waals surface area contributed by atoms with Crippen LogP contribution in [-0.2, 0) is 4.74 Å². The van der Waals surface area contributed by atoms with E-state index in [1.54, 1.807) is 7.11 Å². The molecular weight excluding hydrogens is 282 g/mol. The summed E-state index contributed by atoms with van der Waals surface area (Å²) in [4.78, 5) is 11.3. The number of anilines is 1. The summed E-state index contributed by atoms with van der Waals surface area (Å²) >= 11 is 0. The predicted molar refractivity (Wildman–Crippen MR) is 83.2 cm³/mol. The standard InChI is InChI=1S/C16H25N3O3/c1-11-9-14(21-3)18-15(17-11)19-7-4-5-13(19)12-10-22-8-6-16(12,2)20/h9,12-13,20H,4-8,10H2,1-3H3. The van der Waals surface area contributed by atoms with Gasteiger partial charge in [0.1, 0.15) is 0 Å². The highest BCUT2D eigenvalue weighted by molar-refractivity contribution is 5.38. The molecule has 2 fully saturated rings. The van der Waals surface area contributed by atoms with Gasteiger partial charge in [0.25, 0.3) is 0 Å². The van der Waals surface area contributed by atoms with Crippen molar-refractivity contribution < 1.29 is 14.6 Å². The van der Waals surface area contributed by atoms with Gasteiger partial charge in [-0.25, -0.2) is 4.98 Å². The fourth-order valence-electron chi connectivity index (χ4n) is 3.60. The summed E-state index contributed by atoms with van der Waals surface area (Å²) in [5, 5.41) is 10.7. The van der Waals surface area contributed by atoms with Crippen LogP contribution in [0.5, 0.6) is 5.88 Å². The molecule has 122 valence electrons. The second-order valence-corrected chi connectivity index (χ2v) is 6.54. The maximum atomic E-state index is 10.7. The van der Waals surface area contributed by atoms with Crippen LogP contribution in [0.15, 0.2) is 6.07 Å². The van der Waals surface area contributed by atoms with Gasteiger partial charge in [-0.15, -0.1) is 0 Å². The molecule has 0 aromatic carbocycles. The summed E-state index contributed by atoms with van der Waals surface area (Å²) < 4.78 is 10.9. The number of hydrogen-bond donors (Lipinski definition) is 1. The molecule has 1 aromatic rings. The van der Waals surface area contributed by atoms with Crippen LogP contribution < -0.4 is 9.64 Å². The molecule has 3 rings (SSSR count). The molecule has 0 bridgehead atoms. The first kappa shape index (κ1) is 15.5. The van der Waals surface area contributed by atoms with E-state index in [-0.39, 0.29) is 12.0 Å². The van der Waals surface area contributed by atoms with Crippen molar-refractivity contribution in [3.8, 4) is 5.88 Å². The smallest absolute Gasteiger partial charge is 0.229 e. The van der Waals surface area contributed by atoms with Gasteiger partial charge >= 0.3 is 0 Å². The summed E-state index contributed by atoms with van der Waals surface area (Å²) in [6.07, 6.45) is 2.79. The first-order chi connectivity index (χ1) is 10.5. The van der Waals surface area contributed by atoms with Crippen molar-refractivity contribution in [3.05, 3.63) is 11.8 Å². The van der Waals surface area contributed by atoms with Crippen molar-refractivity contribution in [2.45, 2.75) is 44.8 Å². The van der Waals surface area contributed by atoms with Crippen LogP contribution in [0.25, 0.3) is 0 Å². The van der Waals surface area contributed by atoms with Crippen LogP contribution in [0, 0.1) is 12.8 Å². The lowest BCUT2D eigenvalue weighted by Gasteiger charge is -2.43. The van der Waals surface area contributed by atoms with Crippen molar-refractivity contribution >= 4 is 5.95 Å². The second kappa shape index (κ2) is 6.01. The largest absolute Gasteiger partial charge is 0.481 e. The van der Waals surface area contributed by atoms with E-state index in [1.165, 1.54) is 0 Å². The molecule has 0 aliphatic carbocycles. The Morgan fingerprint density at radius 2 is 2.27 bits per heavy atom. The summed E-state index contributed by atoms with van der Waals surface area (Å²) in [5.41, 5.74) is 0.193. The topological polar surface area (TPSA) is 67.7 Å². The number of hydrogen-bond acceptors (Lipinski definition) is 6. The number of aromatic nitrogens is 2. The zero-order valence-electron chi connectivity index (χ0n) is 13.6. The van der Waals surface area contributed by atoms with Gasteiger partial charge < -0.3 is 19.5 Å². The molecule has 0 saturated carbocycles. The Kier molecular flexibility index (Phi) is 4.23. The van der Waals surface area contributed by atoms with Crippen LogP contribution in [0.1, 0.15) is 31.9 Å². The van der Waals surface area contributed by atoms with Gasteiger partial charge in [0.15, 0.2) is 0 Å².